The fourth-order valence-corrected chi connectivity index (χ4v) is 3.51. The number of nitrogens with one attached hydrogen (secondary N) is 2. The van der Waals surface area contributed by atoms with Crippen LogP contribution in [0.2, 0.25) is 0 Å². The quantitative estimate of drug-likeness (QED) is 0.720. The molecule has 0 aliphatic heterocycles. The molecule has 1 aromatic carbocycles. The van der Waals surface area contributed by atoms with Gasteiger partial charge in [-0.3, -0.25) is 4.79 Å². The van der Waals surface area contributed by atoms with Crippen LogP contribution in [0.4, 0.5) is 5.69 Å². The molecule has 1 aromatic heterocycles. The Morgan fingerprint density at radius 1 is 1.15 bits per heavy atom. The summed E-state index contributed by atoms with van der Waals surface area (Å²) >= 11 is 0. The van der Waals surface area contributed by atoms with E-state index in [1.807, 2.05) is 30.3 Å². The van der Waals surface area contributed by atoms with Gasteiger partial charge in [-0.05, 0) is 49.1 Å². The molecule has 1 saturated carbocycles. The van der Waals surface area contributed by atoms with E-state index in [0.29, 0.717) is 18.3 Å². The molecule has 5 heteroatoms. The number of pyridine rings is 1. The minimum Gasteiger partial charge on any atom is -0.497 e. The van der Waals surface area contributed by atoms with E-state index in [-0.39, 0.29) is 5.91 Å². The Hall–Kier alpha value is -2.56. The van der Waals surface area contributed by atoms with Crippen LogP contribution in [0.25, 0.3) is 0 Å². The Kier molecular flexibility index (Phi) is 7.08. The van der Waals surface area contributed by atoms with Crippen LogP contribution in [0.15, 0.2) is 42.6 Å². The molecule has 1 aliphatic carbocycles. The monoisotopic (exact) mass is 367 g/mol. The van der Waals surface area contributed by atoms with Crippen LogP contribution in [0.1, 0.15) is 54.6 Å². The SMILES string of the molecule is COc1cccc(CCNC(=O)c2ccc(NC3CCCCCC3)cn2)c1. The molecule has 1 amide bonds. The molecule has 5 nitrogen and oxygen atoms in total. The Morgan fingerprint density at radius 2 is 1.96 bits per heavy atom. The molecule has 1 aliphatic rings. The molecular weight excluding hydrogens is 338 g/mol. The summed E-state index contributed by atoms with van der Waals surface area (Å²) < 4.78 is 5.22. The van der Waals surface area contributed by atoms with E-state index < -0.39 is 0 Å². The van der Waals surface area contributed by atoms with Crippen LogP contribution in [0.5, 0.6) is 5.75 Å². The number of methoxy groups -OCH3 is 1. The third-order valence-electron chi connectivity index (χ3n) is 5.06. The normalized spacial score (nSPS) is 15.0. The lowest BCUT2D eigenvalue weighted by Crippen LogP contribution is -2.26. The predicted molar refractivity (Wildman–Crippen MR) is 108 cm³/mol. The predicted octanol–water partition coefficient (Wildman–Crippen LogP) is 4.20. The van der Waals surface area contributed by atoms with Crippen molar-refractivity contribution in [3.63, 3.8) is 0 Å². The number of carbonyl (C=O) groups excluding carboxylic acids is 1. The molecule has 144 valence electrons. The highest BCUT2D eigenvalue weighted by atomic mass is 16.5. The minimum absolute atomic E-state index is 0.140. The van der Waals surface area contributed by atoms with Gasteiger partial charge in [-0.15, -0.1) is 0 Å². The van der Waals surface area contributed by atoms with E-state index in [4.69, 9.17) is 4.74 Å². The molecule has 1 fully saturated rings. The molecule has 2 N–H and O–H groups in total. The largest absolute Gasteiger partial charge is 0.497 e. The van der Waals surface area contributed by atoms with Crippen LogP contribution < -0.4 is 15.4 Å². The van der Waals surface area contributed by atoms with Gasteiger partial charge in [0.2, 0.25) is 0 Å². The highest BCUT2D eigenvalue weighted by molar-refractivity contribution is 5.92. The van der Waals surface area contributed by atoms with Gasteiger partial charge in [0.25, 0.3) is 5.91 Å². The summed E-state index contributed by atoms with van der Waals surface area (Å²) in [5.74, 6) is 0.691. The van der Waals surface area contributed by atoms with E-state index in [2.05, 4.69) is 15.6 Å². The maximum absolute atomic E-state index is 12.3. The molecule has 0 bridgehead atoms. The lowest BCUT2D eigenvalue weighted by molar-refractivity contribution is 0.0949. The van der Waals surface area contributed by atoms with Gasteiger partial charge >= 0.3 is 0 Å². The summed E-state index contributed by atoms with van der Waals surface area (Å²) in [6.45, 7) is 0.565. The van der Waals surface area contributed by atoms with Gasteiger partial charge in [0.15, 0.2) is 0 Å². The molecule has 0 spiro atoms. The zero-order valence-corrected chi connectivity index (χ0v) is 16.0. The second-order valence-electron chi connectivity index (χ2n) is 7.12. The van der Waals surface area contributed by atoms with E-state index in [9.17, 15) is 4.79 Å². The molecular formula is C22H29N3O2. The van der Waals surface area contributed by atoms with Crippen LogP contribution in [0.3, 0.4) is 0 Å². The van der Waals surface area contributed by atoms with Crippen molar-refractivity contribution >= 4 is 11.6 Å². The second kappa shape index (κ2) is 9.95. The van der Waals surface area contributed by atoms with Crippen molar-refractivity contribution in [2.24, 2.45) is 0 Å². The molecule has 0 saturated heterocycles. The number of amides is 1. The highest BCUT2D eigenvalue weighted by Gasteiger charge is 2.12. The van der Waals surface area contributed by atoms with Gasteiger partial charge in [-0.2, -0.15) is 0 Å². The Balaban J connectivity index is 1.46. The molecule has 2 aromatic rings. The van der Waals surface area contributed by atoms with Gasteiger partial charge in [-0.25, -0.2) is 4.98 Å². The first kappa shape index (κ1) is 19.2. The van der Waals surface area contributed by atoms with Gasteiger partial charge in [0.05, 0.1) is 19.0 Å². The van der Waals surface area contributed by atoms with Gasteiger partial charge < -0.3 is 15.4 Å². The number of ether oxygens (including phenoxy) is 1. The van der Waals surface area contributed by atoms with Crippen molar-refractivity contribution in [2.75, 3.05) is 19.0 Å². The van der Waals surface area contributed by atoms with Crippen LogP contribution in [0, 0.1) is 0 Å². The number of anilines is 1. The van der Waals surface area contributed by atoms with Crippen molar-refractivity contribution in [1.29, 1.82) is 0 Å². The smallest absolute Gasteiger partial charge is 0.269 e. The number of carbonyl (C=O) groups is 1. The number of hydrogen-bond donors (Lipinski definition) is 2. The van der Waals surface area contributed by atoms with E-state index in [1.54, 1.807) is 19.4 Å². The zero-order chi connectivity index (χ0) is 18.9. The third kappa shape index (κ3) is 5.98. The summed E-state index contributed by atoms with van der Waals surface area (Å²) in [6.07, 6.45) is 10.2. The van der Waals surface area contributed by atoms with Crippen LogP contribution in [-0.2, 0) is 6.42 Å². The van der Waals surface area contributed by atoms with Gasteiger partial charge in [0, 0.05) is 12.6 Å². The third-order valence-corrected chi connectivity index (χ3v) is 5.06. The van der Waals surface area contributed by atoms with Crippen molar-refractivity contribution in [1.82, 2.24) is 10.3 Å². The zero-order valence-electron chi connectivity index (χ0n) is 16.0. The van der Waals surface area contributed by atoms with Crippen molar-refractivity contribution < 1.29 is 9.53 Å². The number of rotatable bonds is 7. The maximum Gasteiger partial charge on any atom is 0.269 e. The number of aromatic nitrogens is 1. The van der Waals surface area contributed by atoms with E-state index in [1.165, 1.54) is 38.5 Å². The molecule has 1 heterocycles. The summed E-state index contributed by atoms with van der Waals surface area (Å²) in [4.78, 5) is 16.6. The van der Waals surface area contributed by atoms with Crippen molar-refractivity contribution in [3.05, 3.63) is 53.9 Å². The lowest BCUT2D eigenvalue weighted by atomic mass is 10.1. The average Bonchev–Trinajstić information content (AvgIpc) is 2.97. The maximum atomic E-state index is 12.3. The first-order valence-corrected chi connectivity index (χ1v) is 9.88. The van der Waals surface area contributed by atoms with Gasteiger partial charge in [0.1, 0.15) is 11.4 Å². The lowest BCUT2D eigenvalue weighted by Gasteiger charge is -2.17. The van der Waals surface area contributed by atoms with E-state index in [0.717, 1.165) is 23.4 Å². The van der Waals surface area contributed by atoms with E-state index >= 15 is 0 Å². The first-order chi connectivity index (χ1) is 13.2. The Bertz CT molecular complexity index is 723. The number of nitrogens with zero attached hydrogens (tertiary/aromatic N) is 1. The van der Waals surface area contributed by atoms with Crippen molar-refractivity contribution in [2.45, 2.75) is 51.0 Å². The highest BCUT2D eigenvalue weighted by Crippen LogP contribution is 2.21. The number of hydrogen-bond acceptors (Lipinski definition) is 4. The van der Waals surface area contributed by atoms with Crippen LogP contribution in [-0.4, -0.2) is 30.6 Å². The average molecular weight is 367 g/mol. The minimum atomic E-state index is -0.140. The summed E-state index contributed by atoms with van der Waals surface area (Å²) in [6, 6.07) is 12.2. The summed E-state index contributed by atoms with van der Waals surface area (Å²) in [7, 11) is 1.65. The van der Waals surface area contributed by atoms with Gasteiger partial charge in [-0.1, -0.05) is 37.8 Å². The first-order valence-electron chi connectivity index (χ1n) is 9.88. The molecule has 0 atom stereocenters. The fraction of sp³-hybridized carbons (Fsp3) is 0.455. The Labute approximate surface area is 161 Å². The molecule has 27 heavy (non-hydrogen) atoms. The van der Waals surface area contributed by atoms with Crippen LogP contribution >= 0.6 is 0 Å². The Morgan fingerprint density at radius 3 is 2.67 bits per heavy atom. The van der Waals surface area contributed by atoms with Crippen molar-refractivity contribution in [3.8, 4) is 5.75 Å². The fourth-order valence-electron chi connectivity index (χ4n) is 3.51. The molecule has 0 radical (unpaired) electrons. The summed E-state index contributed by atoms with van der Waals surface area (Å²) in [5.41, 5.74) is 2.58. The number of benzene rings is 1. The summed E-state index contributed by atoms with van der Waals surface area (Å²) in [5, 5.41) is 6.49. The molecule has 3 rings (SSSR count). The standard InChI is InChI=1S/C22H29N3O2/c1-27-20-10-6-7-17(15-20)13-14-23-22(26)21-12-11-19(16-24-21)25-18-8-4-2-3-5-9-18/h6-7,10-12,15-16,18,25H,2-5,8-9,13-14H2,1H3,(H,23,26). The second-order valence-corrected chi connectivity index (χ2v) is 7.12. The molecule has 0 unspecified atom stereocenters. The topological polar surface area (TPSA) is 63.2 Å².